The molecule has 0 saturated carbocycles. The topological polar surface area (TPSA) is 135 Å². The number of thiazole rings is 1. The highest BCUT2D eigenvalue weighted by Gasteiger charge is 2.37. The highest BCUT2D eigenvalue weighted by atomic mass is 32.1. The van der Waals surface area contributed by atoms with Gasteiger partial charge in [0.25, 0.3) is 11.8 Å². The van der Waals surface area contributed by atoms with Crippen molar-refractivity contribution in [2.75, 3.05) is 18.4 Å². The fourth-order valence-corrected chi connectivity index (χ4v) is 6.19. The summed E-state index contributed by atoms with van der Waals surface area (Å²) in [5.41, 5.74) is 0.945. The molecular weight excluding hydrogens is 578 g/mol. The number of nitrogens with one attached hydrogen (secondary N) is 2. The summed E-state index contributed by atoms with van der Waals surface area (Å²) in [7, 11) is 0. The number of aryl methyl sites for hydroxylation is 1. The van der Waals surface area contributed by atoms with Crippen molar-refractivity contribution in [1.82, 2.24) is 30.4 Å². The highest BCUT2D eigenvalue weighted by Crippen LogP contribution is 2.36. The number of alkyl carbamates (subject to hydrolysis) is 1. The molecule has 4 aromatic rings. The zero-order valence-corrected chi connectivity index (χ0v) is 26.8. The first-order chi connectivity index (χ1) is 20.9. The van der Waals surface area contributed by atoms with Crippen molar-refractivity contribution < 1.29 is 18.7 Å². The Bertz CT molecular complexity index is 1610. The second-order valence-corrected chi connectivity index (χ2v) is 13.1. The average Bonchev–Trinajstić information content (AvgIpc) is 3.73. The number of carbonyl (C=O) groups is 2. The van der Waals surface area contributed by atoms with E-state index in [1.807, 2.05) is 61.4 Å². The molecule has 4 heterocycles. The lowest BCUT2D eigenvalue weighted by Crippen LogP contribution is -2.47. The summed E-state index contributed by atoms with van der Waals surface area (Å²) in [6, 6.07) is 13.1. The monoisotopic (exact) mass is 617 g/mol. The molecule has 0 bridgehead atoms. The molecule has 11 nitrogen and oxygen atoms in total. The van der Waals surface area contributed by atoms with Gasteiger partial charge in [-0.1, -0.05) is 30.3 Å². The van der Waals surface area contributed by atoms with Gasteiger partial charge in [-0.05, 0) is 72.1 Å². The van der Waals surface area contributed by atoms with Crippen LogP contribution < -0.4 is 10.6 Å². The second kappa shape index (κ2) is 12.7. The van der Waals surface area contributed by atoms with E-state index in [0.29, 0.717) is 36.6 Å². The highest BCUT2D eigenvalue weighted by molar-refractivity contribution is 7.09. The molecule has 1 aliphatic rings. The van der Waals surface area contributed by atoms with Crippen molar-refractivity contribution in [3.63, 3.8) is 0 Å². The van der Waals surface area contributed by atoms with Gasteiger partial charge in [-0.15, -0.1) is 21.5 Å². The average molecular weight is 618 g/mol. The van der Waals surface area contributed by atoms with E-state index in [4.69, 9.17) is 9.15 Å². The van der Waals surface area contributed by atoms with Gasteiger partial charge in [-0.2, -0.15) is 0 Å². The molecule has 2 atom stereocenters. The Morgan fingerprint density at radius 2 is 1.89 bits per heavy atom. The number of rotatable bonds is 9. The van der Waals surface area contributed by atoms with Crippen LogP contribution >= 0.6 is 11.3 Å². The van der Waals surface area contributed by atoms with Gasteiger partial charge in [0, 0.05) is 36.1 Å². The minimum atomic E-state index is -1.10. The van der Waals surface area contributed by atoms with Crippen LogP contribution in [0.3, 0.4) is 0 Å². The third-order valence-corrected chi connectivity index (χ3v) is 8.22. The number of aromatic nitrogens is 4. The molecule has 1 aliphatic heterocycles. The largest absolute Gasteiger partial charge is 0.444 e. The molecule has 2 amide bonds. The Kier molecular flexibility index (Phi) is 9.00. The van der Waals surface area contributed by atoms with Crippen LogP contribution in [0.15, 0.2) is 52.3 Å². The number of nitrogens with zero attached hydrogens (tertiary/aromatic N) is 5. The summed E-state index contributed by atoms with van der Waals surface area (Å²) in [5, 5.41) is 17.8. The van der Waals surface area contributed by atoms with Crippen molar-refractivity contribution in [3.8, 4) is 11.6 Å². The van der Waals surface area contributed by atoms with E-state index in [9.17, 15) is 9.59 Å². The molecule has 0 spiro atoms. The van der Waals surface area contributed by atoms with Crippen LogP contribution in [0.1, 0.15) is 86.0 Å². The van der Waals surface area contributed by atoms with Crippen LogP contribution in [-0.4, -0.2) is 55.8 Å². The van der Waals surface area contributed by atoms with Crippen LogP contribution in [0, 0.1) is 6.92 Å². The number of anilines is 1. The van der Waals surface area contributed by atoms with E-state index < -0.39 is 17.2 Å². The maximum atomic E-state index is 13.9. The van der Waals surface area contributed by atoms with Gasteiger partial charge in [-0.25, -0.2) is 14.8 Å². The Labute approximate surface area is 261 Å². The molecule has 3 aromatic heterocycles. The van der Waals surface area contributed by atoms with Gasteiger partial charge < -0.3 is 24.7 Å². The lowest BCUT2D eigenvalue weighted by molar-refractivity contribution is 0.0443. The Morgan fingerprint density at radius 1 is 1.11 bits per heavy atom. The molecule has 232 valence electrons. The van der Waals surface area contributed by atoms with E-state index in [1.54, 1.807) is 44.2 Å². The first kappa shape index (κ1) is 31.1. The normalized spacial score (nSPS) is 16.4. The molecular formula is C32H39N7O4S. The number of ether oxygens (including phenoxy) is 1. The van der Waals surface area contributed by atoms with E-state index in [0.717, 1.165) is 29.1 Å². The quantitative estimate of drug-likeness (QED) is 0.222. The van der Waals surface area contributed by atoms with Crippen LogP contribution in [0.2, 0.25) is 0 Å². The zero-order valence-electron chi connectivity index (χ0n) is 26.0. The van der Waals surface area contributed by atoms with Gasteiger partial charge in [-0.3, -0.25) is 4.79 Å². The fourth-order valence-electron chi connectivity index (χ4n) is 5.25. The Hall–Kier alpha value is -4.32. The van der Waals surface area contributed by atoms with Gasteiger partial charge in [0.2, 0.25) is 5.89 Å². The van der Waals surface area contributed by atoms with E-state index in [-0.39, 0.29) is 23.7 Å². The smallest absolute Gasteiger partial charge is 0.408 e. The van der Waals surface area contributed by atoms with E-state index in [1.165, 1.54) is 0 Å². The lowest BCUT2D eigenvalue weighted by Gasteiger charge is -2.29. The maximum Gasteiger partial charge on any atom is 0.408 e. The predicted molar refractivity (Wildman–Crippen MR) is 168 cm³/mol. The van der Waals surface area contributed by atoms with Crippen molar-refractivity contribution in [1.29, 1.82) is 0 Å². The molecule has 1 fully saturated rings. The summed E-state index contributed by atoms with van der Waals surface area (Å²) >= 11 is 1.59. The van der Waals surface area contributed by atoms with Gasteiger partial charge >= 0.3 is 6.09 Å². The minimum absolute atomic E-state index is 0.0620. The second-order valence-electron chi connectivity index (χ2n) is 12.2. The third-order valence-electron chi connectivity index (χ3n) is 7.16. The summed E-state index contributed by atoms with van der Waals surface area (Å²) in [5.74, 6) is 0.730. The molecule has 12 heteroatoms. The maximum absolute atomic E-state index is 13.9. The third kappa shape index (κ3) is 7.24. The lowest BCUT2D eigenvalue weighted by atomic mass is 9.92. The van der Waals surface area contributed by atoms with Gasteiger partial charge in [0.1, 0.15) is 27.7 Å². The first-order valence-electron chi connectivity index (χ1n) is 14.8. The van der Waals surface area contributed by atoms with E-state index >= 15 is 0 Å². The number of benzene rings is 1. The molecule has 2 N–H and O–H groups in total. The van der Waals surface area contributed by atoms with Crippen molar-refractivity contribution in [3.05, 3.63) is 75.6 Å². The predicted octanol–water partition coefficient (Wildman–Crippen LogP) is 6.29. The number of hydrogen-bond donors (Lipinski definition) is 2. The zero-order chi connectivity index (χ0) is 31.5. The van der Waals surface area contributed by atoms with Gasteiger partial charge in [0.05, 0.1) is 6.04 Å². The SMILES string of the molecule is CCNc1cc(C(=O)N2CCCC2c2nc(C)cs2)cc(-c2nnc(C(C)(Cc3ccccc3)NC(=O)OC(C)(C)C)o2)n1. The van der Waals surface area contributed by atoms with E-state index in [2.05, 4.69) is 30.8 Å². The molecule has 2 unspecified atom stereocenters. The summed E-state index contributed by atoms with van der Waals surface area (Å²) in [6.07, 6.45) is 1.54. The van der Waals surface area contributed by atoms with Crippen LogP contribution in [-0.2, 0) is 16.7 Å². The molecule has 1 saturated heterocycles. The molecule has 0 radical (unpaired) electrons. The summed E-state index contributed by atoms with van der Waals surface area (Å²) in [6.45, 7) is 12.4. The van der Waals surface area contributed by atoms with Gasteiger partial charge in [0.15, 0.2) is 0 Å². The molecule has 1 aromatic carbocycles. The molecule has 44 heavy (non-hydrogen) atoms. The summed E-state index contributed by atoms with van der Waals surface area (Å²) in [4.78, 5) is 38.0. The fraction of sp³-hybridized carbons (Fsp3) is 0.438. The number of hydrogen-bond acceptors (Lipinski definition) is 10. The Morgan fingerprint density at radius 3 is 2.57 bits per heavy atom. The number of carbonyl (C=O) groups excluding carboxylic acids is 2. The molecule has 0 aliphatic carbocycles. The summed E-state index contributed by atoms with van der Waals surface area (Å²) < 4.78 is 11.8. The van der Waals surface area contributed by atoms with Crippen LogP contribution in [0.5, 0.6) is 0 Å². The van der Waals surface area contributed by atoms with Crippen LogP contribution in [0.4, 0.5) is 10.6 Å². The number of pyridine rings is 1. The molecule has 5 rings (SSSR count). The van der Waals surface area contributed by atoms with Crippen molar-refractivity contribution >= 4 is 29.2 Å². The van der Waals surface area contributed by atoms with Crippen molar-refractivity contribution in [2.24, 2.45) is 0 Å². The number of likely N-dealkylation sites (tertiary alicyclic amines) is 1. The Balaban J connectivity index is 1.47. The van der Waals surface area contributed by atoms with Crippen LogP contribution in [0.25, 0.3) is 11.6 Å². The number of amides is 2. The standard InChI is InChI=1S/C32H39N7O4S/c1-7-33-25-17-22(28(40)39-15-11-14-24(39)27-34-20(2)19-44-27)16-23(35-25)26-37-38-29(42-26)32(6,18-21-12-9-8-10-13-21)36-30(41)43-31(3,4)5/h8-10,12-13,16-17,19,24H,7,11,14-15,18H2,1-6H3,(H,33,35)(H,36,41). The first-order valence-corrected chi connectivity index (χ1v) is 15.7. The van der Waals surface area contributed by atoms with Crippen molar-refractivity contribution in [2.45, 2.75) is 78.0 Å². The minimum Gasteiger partial charge on any atom is -0.444 e.